The first kappa shape index (κ1) is 10.2. The second-order valence-corrected chi connectivity index (χ2v) is 2.52. The van der Waals surface area contributed by atoms with E-state index in [1.165, 1.54) is 0 Å². The molecule has 1 rings (SSSR count). The number of hydroxylamine groups is 4. The summed E-state index contributed by atoms with van der Waals surface area (Å²) in [6, 6.07) is -1.08. The number of carbonyl (C=O) groups is 1. The normalized spacial score (nSPS) is 21.6. The number of hydrogen-bond donors (Lipinski definition) is 5. The number of hydrogen-bond acceptors (Lipinski definition) is 6. The van der Waals surface area contributed by atoms with E-state index in [1.807, 2.05) is 0 Å². The zero-order valence-corrected chi connectivity index (χ0v) is 6.84. The Hall–Kier alpha value is -0.930. The van der Waals surface area contributed by atoms with Crippen molar-refractivity contribution in [3.63, 3.8) is 0 Å². The first-order valence-corrected chi connectivity index (χ1v) is 3.70. The maximum Gasteiger partial charge on any atom is 0.371 e. The molecule has 0 aromatic rings. The van der Waals surface area contributed by atoms with Crippen molar-refractivity contribution in [2.75, 3.05) is 19.9 Å². The van der Waals surface area contributed by atoms with E-state index in [0.29, 0.717) is 18.3 Å². The molecule has 13 heavy (non-hydrogen) atoms. The highest BCUT2D eigenvalue weighted by atomic mass is 16.6. The van der Waals surface area contributed by atoms with Gasteiger partial charge in [-0.3, -0.25) is 15.7 Å². The molecule has 76 valence electrons. The van der Waals surface area contributed by atoms with Crippen LogP contribution in [0.1, 0.15) is 0 Å². The molecule has 1 fully saturated rings. The van der Waals surface area contributed by atoms with Crippen LogP contribution < -0.4 is 10.6 Å². The molecule has 8 nitrogen and oxygen atoms in total. The molecule has 0 saturated carbocycles. The van der Waals surface area contributed by atoms with Crippen LogP contribution in [0, 0.1) is 0 Å². The Kier molecular flexibility index (Phi) is 3.39. The lowest BCUT2D eigenvalue weighted by molar-refractivity contribution is -0.159. The fourth-order valence-electron chi connectivity index (χ4n) is 0.956. The van der Waals surface area contributed by atoms with Crippen LogP contribution in [0.5, 0.6) is 0 Å². The van der Waals surface area contributed by atoms with Crippen molar-refractivity contribution in [1.29, 1.82) is 0 Å². The number of aliphatic hydroxyl groups is 1. The van der Waals surface area contributed by atoms with Crippen LogP contribution >= 0.6 is 0 Å². The van der Waals surface area contributed by atoms with Gasteiger partial charge in [-0.15, -0.1) is 0 Å². The molecule has 0 aromatic carbocycles. The Morgan fingerprint density at radius 3 is 2.69 bits per heavy atom. The van der Waals surface area contributed by atoms with E-state index < -0.39 is 18.9 Å². The summed E-state index contributed by atoms with van der Waals surface area (Å²) in [7, 11) is 0. The molecule has 1 heterocycles. The van der Waals surface area contributed by atoms with Gasteiger partial charge in [0.2, 0.25) is 0 Å². The fraction of sp³-hybridized carbons (Fsp3) is 0.800. The molecule has 0 bridgehead atoms. The Labute approximate surface area is 74.3 Å². The smallest absolute Gasteiger partial charge is 0.371 e. The van der Waals surface area contributed by atoms with Crippen molar-refractivity contribution in [3.8, 4) is 0 Å². The maximum absolute atomic E-state index is 11.0. The van der Waals surface area contributed by atoms with Crippen molar-refractivity contribution in [2.45, 2.75) is 6.17 Å². The minimum atomic E-state index is -1.08. The SMILES string of the molecule is O=C(N(O)CO)N(O)C1CNCN1. The minimum Gasteiger partial charge on any atom is -0.374 e. The summed E-state index contributed by atoms with van der Waals surface area (Å²) in [4.78, 5) is 11.0. The molecule has 8 heteroatoms. The van der Waals surface area contributed by atoms with Crippen molar-refractivity contribution >= 4 is 6.03 Å². The Balaban J connectivity index is 2.45. The number of aliphatic hydroxyl groups excluding tert-OH is 1. The molecule has 5 N–H and O–H groups in total. The second-order valence-electron chi connectivity index (χ2n) is 2.52. The van der Waals surface area contributed by atoms with Gasteiger partial charge in [-0.05, 0) is 0 Å². The highest BCUT2D eigenvalue weighted by Crippen LogP contribution is 1.99. The topological polar surface area (TPSA) is 108 Å². The molecule has 1 aliphatic heterocycles. The van der Waals surface area contributed by atoms with Crippen LogP contribution in [0.25, 0.3) is 0 Å². The van der Waals surface area contributed by atoms with E-state index in [1.54, 1.807) is 0 Å². The highest BCUT2D eigenvalue weighted by Gasteiger charge is 2.27. The molecule has 0 aromatic heterocycles. The van der Waals surface area contributed by atoms with Gasteiger partial charge in [0, 0.05) is 13.2 Å². The average molecular weight is 192 g/mol. The number of amides is 2. The monoisotopic (exact) mass is 192 g/mol. The zero-order chi connectivity index (χ0) is 9.84. The quantitative estimate of drug-likeness (QED) is 0.195. The summed E-state index contributed by atoms with van der Waals surface area (Å²) in [6.07, 6.45) is -0.589. The third kappa shape index (κ3) is 2.26. The van der Waals surface area contributed by atoms with E-state index >= 15 is 0 Å². The second kappa shape index (κ2) is 4.35. The van der Waals surface area contributed by atoms with Gasteiger partial charge < -0.3 is 10.4 Å². The lowest BCUT2D eigenvalue weighted by Crippen LogP contribution is -2.50. The maximum atomic E-state index is 11.0. The Morgan fingerprint density at radius 1 is 1.54 bits per heavy atom. The minimum absolute atomic E-state index is 0.000000000000000444. The van der Waals surface area contributed by atoms with E-state index in [4.69, 9.17) is 10.3 Å². The standard InChI is InChI=1S/C5H12N4O4/c10-3-8(12)5(11)9(13)4-1-6-2-7-4/h4,6-7,10,12-13H,1-3H2. The number of nitrogens with one attached hydrogen (secondary N) is 2. The Bertz CT molecular complexity index is 183. The third-order valence-electron chi connectivity index (χ3n) is 1.65. The summed E-state index contributed by atoms with van der Waals surface area (Å²) in [6.45, 7) is -0.0168. The molecule has 1 aliphatic rings. The Morgan fingerprint density at radius 2 is 2.23 bits per heavy atom. The van der Waals surface area contributed by atoms with Crippen LogP contribution in [0.3, 0.4) is 0 Å². The third-order valence-corrected chi connectivity index (χ3v) is 1.65. The first-order chi connectivity index (χ1) is 6.16. The van der Waals surface area contributed by atoms with Gasteiger partial charge in [0.15, 0.2) is 0 Å². The van der Waals surface area contributed by atoms with E-state index in [-0.39, 0.29) is 5.06 Å². The summed E-state index contributed by atoms with van der Waals surface area (Å²) in [5.41, 5.74) is 0. The summed E-state index contributed by atoms with van der Waals surface area (Å²) < 4.78 is 0. The molecule has 0 spiro atoms. The predicted molar refractivity (Wildman–Crippen MR) is 39.5 cm³/mol. The lowest BCUT2D eigenvalue weighted by atomic mass is 10.5. The number of carbonyl (C=O) groups excluding carboxylic acids is 1. The van der Waals surface area contributed by atoms with Crippen molar-refractivity contribution < 1.29 is 20.3 Å². The molecule has 1 atom stereocenters. The van der Waals surface area contributed by atoms with E-state index in [9.17, 15) is 10.0 Å². The molecule has 0 aliphatic carbocycles. The van der Waals surface area contributed by atoms with Crippen LogP contribution in [-0.4, -0.2) is 57.8 Å². The van der Waals surface area contributed by atoms with Crippen LogP contribution in [-0.2, 0) is 0 Å². The first-order valence-electron chi connectivity index (χ1n) is 3.70. The molecule has 1 unspecified atom stereocenters. The van der Waals surface area contributed by atoms with Crippen LogP contribution in [0.15, 0.2) is 0 Å². The molecule has 0 radical (unpaired) electrons. The van der Waals surface area contributed by atoms with Gasteiger partial charge >= 0.3 is 6.03 Å². The van der Waals surface area contributed by atoms with Gasteiger partial charge in [0.25, 0.3) is 0 Å². The van der Waals surface area contributed by atoms with Gasteiger partial charge in [0.1, 0.15) is 12.9 Å². The van der Waals surface area contributed by atoms with E-state index in [0.717, 1.165) is 0 Å². The summed E-state index contributed by atoms with van der Waals surface area (Å²) >= 11 is 0. The number of rotatable bonds is 2. The van der Waals surface area contributed by atoms with E-state index in [2.05, 4.69) is 10.6 Å². The van der Waals surface area contributed by atoms with Gasteiger partial charge in [-0.2, -0.15) is 10.1 Å². The lowest BCUT2D eigenvalue weighted by Gasteiger charge is -2.24. The van der Waals surface area contributed by atoms with Gasteiger partial charge in [-0.1, -0.05) is 0 Å². The fourth-order valence-corrected chi connectivity index (χ4v) is 0.956. The van der Waals surface area contributed by atoms with Gasteiger partial charge in [0.05, 0.1) is 0 Å². The number of urea groups is 1. The molecular formula is C5H12N4O4. The van der Waals surface area contributed by atoms with Crippen molar-refractivity contribution in [2.24, 2.45) is 0 Å². The summed E-state index contributed by atoms with van der Waals surface area (Å²) in [5.74, 6) is 0. The average Bonchev–Trinajstić information content (AvgIpc) is 2.67. The van der Waals surface area contributed by atoms with Crippen LogP contribution in [0.4, 0.5) is 4.79 Å². The molecule has 2 amide bonds. The number of nitrogens with zero attached hydrogens (tertiary/aromatic N) is 2. The van der Waals surface area contributed by atoms with Crippen LogP contribution in [0.2, 0.25) is 0 Å². The zero-order valence-electron chi connectivity index (χ0n) is 6.84. The summed E-state index contributed by atoms with van der Waals surface area (Å²) in [5, 5.41) is 32.2. The largest absolute Gasteiger partial charge is 0.374 e. The van der Waals surface area contributed by atoms with Crippen molar-refractivity contribution in [3.05, 3.63) is 0 Å². The highest BCUT2D eigenvalue weighted by molar-refractivity contribution is 5.71. The van der Waals surface area contributed by atoms with Gasteiger partial charge in [-0.25, -0.2) is 4.79 Å². The van der Waals surface area contributed by atoms with Crippen molar-refractivity contribution in [1.82, 2.24) is 20.8 Å². The molecular weight excluding hydrogens is 180 g/mol. The molecule has 1 saturated heterocycles. The predicted octanol–water partition coefficient (Wildman–Crippen LogP) is -2.08.